The summed E-state index contributed by atoms with van der Waals surface area (Å²) in [5.74, 6) is 0.0665. The maximum Gasteiger partial charge on any atom is 0.267 e. The van der Waals surface area contributed by atoms with E-state index in [1.807, 2.05) is 68.7 Å². The van der Waals surface area contributed by atoms with Crippen LogP contribution in [0.5, 0.6) is 0 Å². The number of benzene rings is 2. The topological polar surface area (TPSA) is 56.9 Å². The van der Waals surface area contributed by atoms with Crippen LogP contribution in [0.4, 0.5) is 0 Å². The lowest BCUT2D eigenvalue weighted by Gasteiger charge is -2.13. The molecule has 3 aromatic heterocycles. The smallest absolute Gasteiger partial charge is 0.267 e. The number of para-hydroxylation sites is 1. The minimum absolute atomic E-state index is 0.0602. The van der Waals surface area contributed by atoms with Gasteiger partial charge in [-0.3, -0.25) is 14.2 Å². The Kier molecular flexibility index (Phi) is 7.07. The quantitative estimate of drug-likeness (QED) is 0.119. The monoisotopic (exact) mass is 567 g/mol. The van der Waals surface area contributed by atoms with E-state index in [2.05, 4.69) is 0 Å². The van der Waals surface area contributed by atoms with Crippen molar-refractivity contribution in [1.29, 1.82) is 0 Å². The van der Waals surface area contributed by atoms with Gasteiger partial charge in [0.2, 0.25) is 0 Å². The van der Waals surface area contributed by atoms with Gasteiger partial charge in [0.1, 0.15) is 4.83 Å². The molecule has 0 atom stereocenters. The molecule has 0 aliphatic carbocycles. The van der Waals surface area contributed by atoms with E-state index < -0.39 is 0 Å². The molecule has 0 saturated heterocycles. The van der Waals surface area contributed by atoms with Crippen LogP contribution in [0, 0.1) is 27.7 Å². The molecule has 0 saturated carbocycles. The summed E-state index contributed by atoms with van der Waals surface area (Å²) in [6.45, 7) is 7.76. The zero-order valence-electron chi connectivity index (χ0n) is 20.6. The van der Waals surface area contributed by atoms with Crippen LogP contribution in [-0.2, 0) is 0 Å². The first kappa shape index (κ1) is 25.8. The van der Waals surface area contributed by atoms with E-state index in [4.69, 9.17) is 28.2 Å². The molecule has 0 N–H and O–H groups in total. The Morgan fingerprint density at radius 3 is 2.46 bits per heavy atom. The second-order valence-electron chi connectivity index (χ2n) is 8.76. The highest BCUT2D eigenvalue weighted by molar-refractivity contribution is 7.99. The Labute approximate surface area is 232 Å². The summed E-state index contributed by atoms with van der Waals surface area (Å²) in [5, 5.41) is 2.23. The molecule has 0 unspecified atom stereocenters. The molecular weight excluding hydrogens is 545 g/mol. The first-order chi connectivity index (χ1) is 17.7. The molecule has 3 heterocycles. The molecule has 0 aliphatic rings. The SMILES string of the molecule is Cc1sc2nc(SCC(=O)c3cc(C)n(-c4cc(Cl)ccc4Cl)c3C)n(-c3ccccc3)c(=O)c2c1C. The third kappa shape index (κ3) is 4.66. The minimum Gasteiger partial charge on any atom is -0.316 e. The summed E-state index contributed by atoms with van der Waals surface area (Å²) in [5.41, 5.74) is 4.52. The van der Waals surface area contributed by atoms with Crippen molar-refractivity contribution in [3.63, 3.8) is 0 Å². The number of rotatable bonds is 6. The first-order valence-corrected chi connectivity index (χ1v) is 14.1. The van der Waals surface area contributed by atoms with Gasteiger partial charge in [-0.2, -0.15) is 0 Å². The molecule has 9 heteroatoms. The molecule has 37 heavy (non-hydrogen) atoms. The maximum atomic E-state index is 13.6. The summed E-state index contributed by atoms with van der Waals surface area (Å²) in [4.78, 5) is 33.6. The first-order valence-electron chi connectivity index (χ1n) is 11.6. The number of hydrogen-bond acceptors (Lipinski definition) is 5. The van der Waals surface area contributed by atoms with Crippen LogP contribution in [0.2, 0.25) is 10.0 Å². The lowest BCUT2D eigenvalue weighted by atomic mass is 10.2. The van der Waals surface area contributed by atoms with Crippen LogP contribution < -0.4 is 5.56 Å². The van der Waals surface area contributed by atoms with Gasteiger partial charge in [0.05, 0.1) is 27.5 Å². The molecule has 188 valence electrons. The van der Waals surface area contributed by atoms with Crippen LogP contribution in [-0.4, -0.2) is 25.7 Å². The Morgan fingerprint density at radius 2 is 1.73 bits per heavy atom. The number of halogens is 2. The molecule has 0 bridgehead atoms. The zero-order chi connectivity index (χ0) is 26.4. The normalized spacial score (nSPS) is 11.4. The molecule has 0 spiro atoms. The van der Waals surface area contributed by atoms with Gasteiger partial charge in [-0.15, -0.1) is 11.3 Å². The second-order valence-corrected chi connectivity index (χ2v) is 11.8. The summed E-state index contributed by atoms with van der Waals surface area (Å²) < 4.78 is 3.54. The Bertz CT molecular complexity index is 1740. The number of carbonyl (C=O) groups is 1. The number of nitrogens with zero attached hydrogens (tertiary/aromatic N) is 3. The Balaban J connectivity index is 1.53. The second kappa shape index (κ2) is 10.1. The number of carbonyl (C=O) groups excluding carboxylic acids is 1. The molecule has 0 aliphatic heterocycles. The van der Waals surface area contributed by atoms with Gasteiger partial charge in [-0.1, -0.05) is 53.2 Å². The molecule has 2 aromatic carbocycles. The summed E-state index contributed by atoms with van der Waals surface area (Å²) in [7, 11) is 0. The summed E-state index contributed by atoms with van der Waals surface area (Å²) in [6, 6.07) is 16.5. The van der Waals surface area contributed by atoms with E-state index in [1.165, 1.54) is 23.1 Å². The predicted molar refractivity (Wildman–Crippen MR) is 155 cm³/mol. The fourth-order valence-electron chi connectivity index (χ4n) is 4.46. The number of aryl methyl sites for hydroxylation is 3. The standard InChI is InChI=1S/C28H23Cl2N3O2S2/c1-15-12-21(17(3)32(15)23-13-19(29)10-11-22(23)30)24(34)14-36-28-31-26-25(16(2)18(4)37-26)27(35)33(28)20-8-6-5-7-9-20/h5-13H,14H2,1-4H3. The fraction of sp³-hybridized carbons (Fsp3) is 0.179. The third-order valence-electron chi connectivity index (χ3n) is 6.40. The highest BCUT2D eigenvalue weighted by atomic mass is 35.5. The molecular formula is C28H23Cl2N3O2S2. The lowest BCUT2D eigenvalue weighted by Crippen LogP contribution is -2.22. The Hall–Kier alpha value is -2.84. The van der Waals surface area contributed by atoms with E-state index in [-0.39, 0.29) is 17.1 Å². The molecule has 5 aromatic rings. The van der Waals surface area contributed by atoms with Crippen molar-refractivity contribution >= 4 is 62.3 Å². The van der Waals surface area contributed by atoms with E-state index in [0.29, 0.717) is 36.7 Å². The van der Waals surface area contributed by atoms with Crippen LogP contribution in [0.15, 0.2) is 64.5 Å². The number of ketones is 1. The van der Waals surface area contributed by atoms with Crippen molar-refractivity contribution in [1.82, 2.24) is 14.1 Å². The Morgan fingerprint density at radius 1 is 1.00 bits per heavy atom. The van der Waals surface area contributed by atoms with Crippen LogP contribution in [0.3, 0.4) is 0 Å². The van der Waals surface area contributed by atoms with E-state index in [1.54, 1.807) is 22.8 Å². The fourth-order valence-corrected chi connectivity index (χ4v) is 6.79. The highest BCUT2D eigenvalue weighted by Gasteiger charge is 2.22. The highest BCUT2D eigenvalue weighted by Crippen LogP contribution is 2.32. The van der Waals surface area contributed by atoms with Crippen LogP contribution in [0.25, 0.3) is 21.6 Å². The van der Waals surface area contributed by atoms with Crippen molar-refractivity contribution in [3.8, 4) is 11.4 Å². The molecule has 5 nitrogen and oxygen atoms in total. The van der Waals surface area contributed by atoms with E-state index >= 15 is 0 Å². The molecule has 0 amide bonds. The summed E-state index contributed by atoms with van der Waals surface area (Å²) >= 11 is 15.4. The van der Waals surface area contributed by atoms with Crippen molar-refractivity contribution in [2.45, 2.75) is 32.9 Å². The van der Waals surface area contributed by atoms with Gasteiger partial charge in [0, 0.05) is 26.9 Å². The molecule has 5 rings (SSSR count). The lowest BCUT2D eigenvalue weighted by molar-refractivity contribution is 0.102. The van der Waals surface area contributed by atoms with Crippen LogP contribution >= 0.6 is 46.3 Å². The summed E-state index contributed by atoms with van der Waals surface area (Å²) in [6.07, 6.45) is 0. The number of hydrogen-bond donors (Lipinski definition) is 0. The number of thioether (sulfide) groups is 1. The average molecular weight is 569 g/mol. The zero-order valence-corrected chi connectivity index (χ0v) is 23.8. The number of thiophene rings is 1. The largest absolute Gasteiger partial charge is 0.316 e. The molecule has 0 fully saturated rings. The van der Waals surface area contributed by atoms with Crippen molar-refractivity contribution in [3.05, 3.63) is 102 Å². The van der Waals surface area contributed by atoms with E-state index in [0.717, 1.165) is 27.5 Å². The van der Waals surface area contributed by atoms with Gasteiger partial charge in [0.15, 0.2) is 10.9 Å². The predicted octanol–water partition coefficient (Wildman–Crippen LogP) is 7.75. The maximum absolute atomic E-state index is 13.6. The van der Waals surface area contributed by atoms with Gasteiger partial charge >= 0.3 is 0 Å². The minimum atomic E-state index is -0.123. The van der Waals surface area contributed by atoms with Crippen molar-refractivity contribution < 1.29 is 4.79 Å². The van der Waals surface area contributed by atoms with Gasteiger partial charge in [-0.25, -0.2) is 4.98 Å². The van der Waals surface area contributed by atoms with E-state index in [9.17, 15) is 9.59 Å². The third-order valence-corrected chi connectivity index (χ3v) is 8.99. The van der Waals surface area contributed by atoms with Crippen LogP contribution in [0.1, 0.15) is 32.2 Å². The number of fused-ring (bicyclic) bond motifs is 1. The molecule has 0 radical (unpaired) electrons. The van der Waals surface area contributed by atoms with Crippen molar-refractivity contribution in [2.24, 2.45) is 0 Å². The van der Waals surface area contributed by atoms with Gasteiger partial charge in [0.25, 0.3) is 5.56 Å². The van der Waals surface area contributed by atoms with Gasteiger partial charge < -0.3 is 4.57 Å². The van der Waals surface area contributed by atoms with Crippen molar-refractivity contribution in [2.75, 3.05) is 5.75 Å². The number of Topliss-reactive ketones (excluding diaryl/α,β-unsaturated/α-hetero) is 1. The van der Waals surface area contributed by atoms with Gasteiger partial charge in [-0.05, 0) is 69.7 Å². The average Bonchev–Trinajstić information content (AvgIpc) is 3.33. The number of aromatic nitrogens is 3.